The number of likely N-dealkylation sites (tertiary alicyclic amines) is 1. The first-order valence-electron chi connectivity index (χ1n) is 11.6. The lowest BCUT2D eigenvalue weighted by molar-refractivity contribution is 0.245. The van der Waals surface area contributed by atoms with Crippen molar-refractivity contribution in [2.24, 2.45) is 4.99 Å². The molecule has 0 spiro atoms. The van der Waals surface area contributed by atoms with Gasteiger partial charge in [-0.2, -0.15) is 0 Å². The molecule has 2 aliphatic rings. The minimum atomic E-state index is 0. The summed E-state index contributed by atoms with van der Waals surface area (Å²) in [6.45, 7) is 5.81. The molecule has 2 heterocycles. The molecule has 1 unspecified atom stereocenters. The summed E-state index contributed by atoms with van der Waals surface area (Å²) in [6.07, 6.45) is 6.97. The maximum absolute atomic E-state index is 5.34. The Morgan fingerprint density at radius 3 is 2.42 bits per heavy atom. The quantitative estimate of drug-likeness (QED) is 0.219. The van der Waals surface area contributed by atoms with E-state index < -0.39 is 0 Å². The lowest BCUT2D eigenvalue weighted by atomic mass is 10.1. The maximum Gasteiger partial charge on any atom is 0.191 e. The molecule has 0 aliphatic carbocycles. The topological polar surface area (TPSA) is 52.1 Å². The van der Waals surface area contributed by atoms with Gasteiger partial charge in [-0.05, 0) is 61.3 Å². The van der Waals surface area contributed by atoms with Crippen LogP contribution in [0.5, 0.6) is 5.75 Å². The third-order valence-corrected chi connectivity index (χ3v) is 6.32. The molecule has 2 aromatic carbocycles. The number of hydrogen-bond acceptors (Lipinski definition) is 4. The number of rotatable bonds is 8. The van der Waals surface area contributed by atoms with Crippen molar-refractivity contribution >= 4 is 35.6 Å². The summed E-state index contributed by atoms with van der Waals surface area (Å²) < 4.78 is 5.34. The number of nitrogens with zero attached hydrogens (tertiary/aromatic N) is 3. The second-order valence-electron chi connectivity index (χ2n) is 8.38. The molecule has 1 fully saturated rings. The van der Waals surface area contributed by atoms with Crippen LogP contribution in [0.1, 0.15) is 30.0 Å². The van der Waals surface area contributed by atoms with Gasteiger partial charge in [-0.3, -0.25) is 9.89 Å². The van der Waals surface area contributed by atoms with E-state index in [0.29, 0.717) is 6.04 Å². The average Bonchev–Trinajstić information content (AvgIpc) is 3.57. The number of nitrogens with one attached hydrogen (secondary N) is 2. The Kier molecular flexibility index (Phi) is 9.87. The van der Waals surface area contributed by atoms with Gasteiger partial charge in [0.2, 0.25) is 0 Å². The molecule has 0 aromatic heterocycles. The maximum atomic E-state index is 5.34. The molecule has 0 saturated carbocycles. The van der Waals surface area contributed by atoms with Gasteiger partial charge in [0.05, 0.1) is 13.2 Å². The van der Waals surface area contributed by atoms with Crippen molar-refractivity contribution in [3.05, 3.63) is 71.8 Å². The molecule has 2 N–H and O–H groups in total. The molecule has 1 saturated heterocycles. The number of ether oxygens (including phenoxy) is 1. The molecular weight excluding hydrogens is 525 g/mol. The third kappa shape index (κ3) is 6.86. The Labute approximate surface area is 215 Å². The Morgan fingerprint density at radius 2 is 1.76 bits per heavy atom. The normalized spacial score (nSPS) is 17.0. The Hall–Kier alpha value is -2.26. The summed E-state index contributed by atoms with van der Waals surface area (Å²) in [5.41, 5.74) is 3.83. The van der Waals surface area contributed by atoms with Gasteiger partial charge < -0.3 is 20.3 Å². The molecule has 4 rings (SSSR count). The SMILES string of the molecule is CN=C(NCc1cccc(N2CC=CC2)c1)NCC(c1ccc(OC)cc1)N1CCCC1.I. The highest BCUT2D eigenvalue weighted by molar-refractivity contribution is 14.0. The fourth-order valence-electron chi connectivity index (χ4n) is 4.49. The van der Waals surface area contributed by atoms with Crippen molar-refractivity contribution in [3.63, 3.8) is 0 Å². The number of aliphatic imine (C=N–C) groups is 1. The molecule has 0 amide bonds. The van der Waals surface area contributed by atoms with Crippen LogP contribution in [0.4, 0.5) is 5.69 Å². The van der Waals surface area contributed by atoms with Gasteiger partial charge in [0.15, 0.2) is 5.96 Å². The number of guanidine groups is 1. The molecule has 178 valence electrons. The van der Waals surface area contributed by atoms with E-state index in [1.165, 1.54) is 29.7 Å². The van der Waals surface area contributed by atoms with Gasteiger partial charge in [-0.25, -0.2) is 0 Å². The molecule has 6 nitrogen and oxygen atoms in total. The average molecular weight is 562 g/mol. The van der Waals surface area contributed by atoms with Crippen LogP contribution in [0.2, 0.25) is 0 Å². The van der Waals surface area contributed by atoms with Crippen molar-refractivity contribution in [1.29, 1.82) is 0 Å². The highest BCUT2D eigenvalue weighted by Crippen LogP contribution is 2.26. The summed E-state index contributed by atoms with van der Waals surface area (Å²) in [5.74, 6) is 1.72. The van der Waals surface area contributed by atoms with Crippen LogP contribution in [0.3, 0.4) is 0 Å². The molecule has 2 aliphatic heterocycles. The Bertz CT molecular complexity index is 917. The molecule has 2 aromatic rings. The number of halogens is 1. The van der Waals surface area contributed by atoms with E-state index in [1.807, 2.05) is 19.2 Å². The summed E-state index contributed by atoms with van der Waals surface area (Å²) in [4.78, 5) is 9.39. The van der Waals surface area contributed by atoms with E-state index >= 15 is 0 Å². The zero-order valence-electron chi connectivity index (χ0n) is 19.7. The summed E-state index contributed by atoms with van der Waals surface area (Å²) in [7, 11) is 3.54. The Balaban J connectivity index is 0.00000306. The van der Waals surface area contributed by atoms with Crippen LogP contribution in [-0.2, 0) is 6.54 Å². The van der Waals surface area contributed by atoms with Gasteiger partial charge in [0.25, 0.3) is 0 Å². The van der Waals surface area contributed by atoms with E-state index in [1.54, 1.807) is 7.11 Å². The van der Waals surface area contributed by atoms with Crippen molar-refractivity contribution in [3.8, 4) is 5.75 Å². The van der Waals surface area contributed by atoms with E-state index in [2.05, 4.69) is 74.0 Å². The zero-order valence-corrected chi connectivity index (χ0v) is 22.0. The van der Waals surface area contributed by atoms with E-state index in [9.17, 15) is 0 Å². The van der Waals surface area contributed by atoms with Crippen molar-refractivity contribution in [2.45, 2.75) is 25.4 Å². The van der Waals surface area contributed by atoms with Gasteiger partial charge in [0, 0.05) is 38.9 Å². The van der Waals surface area contributed by atoms with Gasteiger partial charge >= 0.3 is 0 Å². The first-order chi connectivity index (χ1) is 15.8. The summed E-state index contributed by atoms with van der Waals surface area (Å²) in [6, 6.07) is 17.5. The standard InChI is InChI=1S/C26H35N5O.HI/c1-27-26(28-19-21-8-7-9-23(18-21)30-14-3-4-15-30)29-20-25(31-16-5-6-17-31)22-10-12-24(32-2)13-11-22;/h3-4,7-13,18,25H,5-6,14-17,19-20H2,1-2H3,(H2,27,28,29);1H. The molecular formula is C26H36IN5O. The number of methoxy groups -OCH3 is 1. The van der Waals surface area contributed by atoms with Crippen LogP contribution >= 0.6 is 24.0 Å². The van der Waals surface area contributed by atoms with Gasteiger partial charge in [0.1, 0.15) is 5.75 Å². The minimum Gasteiger partial charge on any atom is -0.497 e. The van der Waals surface area contributed by atoms with Crippen LogP contribution in [0.25, 0.3) is 0 Å². The van der Waals surface area contributed by atoms with E-state index in [-0.39, 0.29) is 24.0 Å². The third-order valence-electron chi connectivity index (χ3n) is 6.32. The summed E-state index contributed by atoms with van der Waals surface area (Å²) in [5, 5.41) is 7.04. The molecule has 1 atom stereocenters. The van der Waals surface area contributed by atoms with Crippen LogP contribution in [-0.4, -0.2) is 57.7 Å². The smallest absolute Gasteiger partial charge is 0.191 e. The van der Waals surface area contributed by atoms with Crippen molar-refractivity contribution in [2.75, 3.05) is 51.8 Å². The largest absolute Gasteiger partial charge is 0.497 e. The van der Waals surface area contributed by atoms with Crippen LogP contribution in [0, 0.1) is 0 Å². The van der Waals surface area contributed by atoms with Gasteiger partial charge in [-0.15, -0.1) is 24.0 Å². The monoisotopic (exact) mass is 561 g/mol. The number of anilines is 1. The molecule has 33 heavy (non-hydrogen) atoms. The summed E-state index contributed by atoms with van der Waals surface area (Å²) >= 11 is 0. The van der Waals surface area contributed by atoms with E-state index in [0.717, 1.165) is 51.0 Å². The van der Waals surface area contributed by atoms with Crippen LogP contribution in [0.15, 0.2) is 65.7 Å². The second kappa shape index (κ2) is 12.8. The highest BCUT2D eigenvalue weighted by atomic mass is 127. The van der Waals surface area contributed by atoms with Gasteiger partial charge in [-0.1, -0.05) is 36.4 Å². The van der Waals surface area contributed by atoms with Crippen molar-refractivity contribution < 1.29 is 4.74 Å². The minimum absolute atomic E-state index is 0. The zero-order chi connectivity index (χ0) is 22.2. The predicted molar refractivity (Wildman–Crippen MR) is 148 cm³/mol. The number of hydrogen-bond donors (Lipinski definition) is 2. The fourth-order valence-corrected chi connectivity index (χ4v) is 4.49. The Morgan fingerprint density at radius 1 is 1.03 bits per heavy atom. The first-order valence-corrected chi connectivity index (χ1v) is 11.6. The second-order valence-corrected chi connectivity index (χ2v) is 8.38. The predicted octanol–water partition coefficient (Wildman–Crippen LogP) is 4.19. The highest BCUT2D eigenvalue weighted by Gasteiger charge is 2.23. The first kappa shape index (κ1) is 25.4. The fraction of sp³-hybridized carbons (Fsp3) is 0.423. The molecule has 7 heteroatoms. The lowest BCUT2D eigenvalue weighted by Gasteiger charge is -2.29. The lowest BCUT2D eigenvalue weighted by Crippen LogP contribution is -2.42. The van der Waals surface area contributed by atoms with Crippen LogP contribution < -0.4 is 20.3 Å². The molecule has 0 bridgehead atoms. The molecule has 0 radical (unpaired) electrons. The van der Waals surface area contributed by atoms with Crippen molar-refractivity contribution in [1.82, 2.24) is 15.5 Å². The number of benzene rings is 2. The van der Waals surface area contributed by atoms with E-state index in [4.69, 9.17) is 4.74 Å².